The summed E-state index contributed by atoms with van der Waals surface area (Å²) in [6, 6.07) is 16.1. The molecule has 28 heavy (non-hydrogen) atoms. The predicted molar refractivity (Wildman–Crippen MR) is 104 cm³/mol. The molecule has 146 valence electrons. The number of aryl methyl sites for hydroxylation is 1. The van der Waals surface area contributed by atoms with Crippen LogP contribution in [0.15, 0.2) is 60.7 Å². The quantitative estimate of drug-likeness (QED) is 0.734. The van der Waals surface area contributed by atoms with Crippen molar-refractivity contribution in [3.63, 3.8) is 0 Å². The molecule has 0 aromatic heterocycles. The van der Waals surface area contributed by atoms with Crippen LogP contribution in [0, 0.1) is 6.92 Å². The first-order chi connectivity index (χ1) is 13.5. The molecule has 1 heterocycles. The standard InChI is InChI=1S/C22H23NO5/c1-15-7-9-17(10-8-15)19-11-12-20(28-19)21(24)23-18(22(25)26)14-27-13-16-5-3-2-4-6-16/h2-11,18,20H,12-14H2,1H3,(H,23,24)(H,25,26)/t18-,20?/m0/s1. The van der Waals surface area contributed by atoms with Crippen LogP contribution >= 0.6 is 0 Å². The van der Waals surface area contributed by atoms with Crippen LogP contribution in [0.5, 0.6) is 0 Å². The predicted octanol–water partition coefficient (Wildman–Crippen LogP) is 2.91. The first-order valence-corrected chi connectivity index (χ1v) is 9.11. The normalized spacial score (nSPS) is 16.8. The zero-order valence-corrected chi connectivity index (χ0v) is 15.6. The summed E-state index contributed by atoms with van der Waals surface area (Å²) in [4.78, 5) is 23.9. The lowest BCUT2D eigenvalue weighted by molar-refractivity contribution is -0.145. The van der Waals surface area contributed by atoms with E-state index in [1.807, 2.05) is 67.6 Å². The number of carboxylic acids is 1. The summed E-state index contributed by atoms with van der Waals surface area (Å²) >= 11 is 0. The molecule has 2 atom stereocenters. The maximum Gasteiger partial charge on any atom is 0.328 e. The fourth-order valence-electron chi connectivity index (χ4n) is 2.84. The Morgan fingerprint density at radius 3 is 2.57 bits per heavy atom. The van der Waals surface area contributed by atoms with E-state index in [0.29, 0.717) is 12.2 Å². The lowest BCUT2D eigenvalue weighted by Crippen LogP contribution is -2.47. The number of carbonyl (C=O) groups excluding carboxylic acids is 1. The number of hydrogen-bond donors (Lipinski definition) is 2. The van der Waals surface area contributed by atoms with Gasteiger partial charge in [0.1, 0.15) is 5.76 Å². The lowest BCUT2D eigenvalue weighted by Gasteiger charge is -2.18. The molecule has 1 aliphatic heterocycles. The van der Waals surface area contributed by atoms with Crippen molar-refractivity contribution < 1.29 is 24.2 Å². The number of ether oxygens (including phenoxy) is 2. The summed E-state index contributed by atoms with van der Waals surface area (Å²) in [5, 5.41) is 11.9. The van der Waals surface area contributed by atoms with Crippen LogP contribution < -0.4 is 5.32 Å². The minimum absolute atomic E-state index is 0.124. The second kappa shape index (κ2) is 9.19. The number of amides is 1. The largest absolute Gasteiger partial charge is 0.480 e. The molecule has 0 aliphatic carbocycles. The third kappa shape index (κ3) is 5.20. The van der Waals surface area contributed by atoms with Crippen molar-refractivity contribution in [1.29, 1.82) is 0 Å². The molecular formula is C22H23NO5. The Morgan fingerprint density at radius 1 is 1.18 bits per heavy atom. The Hall–Kier alpha value is -3.12. The van der Waals surface area contributed by atoms with Gasteiger partial charge in [0.25, 0.3) is 5.91 Å². The third-order valence-electron chi connectivity index (χ3n) is 4.43. The van der Waals surface area contributed by atoms with Crippen molar-refractivity contribution in [2.45, 2.75) is 32.1 Å². The zero-order valence-electron chi connectivity index (χ0n) is 15.6. The minimum atomic E-state index is -1.15. The lowest BCUT2D eigenvalue weighted by atomic mass is 10.1. The van der Waals surface area contributed by atoms with E-state index in [-0.39, 0.29) is 13.2 Å². The van der Waals surface area contributed by atoms with E-state index in [0.717, 1.165) is 16.7 Å². The van der Waals surface area contributed by atoms with E-state index < -0.39 is 24.0 Å². The second-order valence-electron chi connectivity index (χ2n) is 6.68. The monoisotopic (exact) mass is 381 g/mol. The minimum Gasteiger partial charge on any atom is -0.480 e. The molecular weight excluding hydrogens is 358 g/mol. The smallest absolute Gasteiger partial charge is 0.328 e. The van der Waals surface area contributed by atoms with Gasteiger partial charge in [0.2, 0.25) is 0 Å². The SMILES string of the molecule is Cc1ccc(C2=CCC(C(=O)N[C@@H](COCc3ccccc3)C(=O)O)O2)cc1. The summed E-state index contributed by atoms with van der Waals surface area (Å²) in [7, 11) is 0. The molecule has 0 saturated carbocycles. The molecule has 1 unspecified atom stereocenters. The van der Waals surface area contributed by atoms with Crippen LogP contribution in [0.25, 0.3) is 5.76 Å². The summed E-state index contributed by atoms with van der Waals surface area (Å²) in [6.07, 6.45) is 1.50. The van der Waals surface area contributed by atoms with Gasteiger partial charge in [0.15, 0.2) is 12.1 Å². The first kappa shape index (κ1) is 19.6. The number of benzene rings is 2. The van der Waals surface area contributed by atoms with E-state index in [2.05, 4.69) is 5.32 Å². The molecule has 6 nitrogen and oxygen atoms in total. The molecule has 1 amide bonds. The van der Waals surface area contributed by atoms with Gasteiger partial charge in [-0.05, 0) is 18.6 Å². The van der Waals surface area contributed by atoms with Crippen LogP contribution in [-0.4, -0.2) is 35.7 Å². The number of aliphatic carboxylic acids is 1. The number of carbonyl (C=O) groups is 2. The highest BCUT2D eigenvalue weighted by molar-refractivity contribution is 5.88. The van der Waals surface area contributed by atoms with Crippen LogP contribution in [0.4, 0.5) is 0 Å². The molecule has 2 aromatic carbocycles. The van der Waals surface area contributed by atoms with Crippen molar-refractivity contribution in [2.75, 3.05) is 6.61 Å². The molecule has 2 N–H and O–H groups in total. The van der Waals surface area contributed by atoms with Gasteiger partial charge >= 0.3 is 5.97 Å². The molecule has 6 heteroatoms. The highest BCUT2D eigenvalue weighted by Gasteiger charge is 2.30. The van der Waals surface area contributed by atoms with Gasteiger partial charge in [-0.15, -0.1) is 0 Å². The van der Waals surface area contributed by atoms with Gasteiger partial charge in [0.05, 0.1) is 13.2 Å². The first-order valence-electron chi connectivity index (χ1n) is 9.11. The highest BCUT2D eigenvalue weighted by Crippen LogP contribution is 2.26. The zero-order chi connectivity index (χ0) is 19.9. The van der Waals surface area contributed by atoms with Gasteiger partial charge in [-0.2, -0.15) is 0 Å². The molecule has 2 aromatic rings. The number of rotatable bonds is 8. The Morgan fingerprint density at radius 2 is 1.89 bits per heavy atom. The van der Waals surface area contributed by atoms with Gasteiger partial charge < -0.3 is 19.9 Å². The van der Waals surface area contributed by atoms with Crippen LogP contribution in [0.3, 0.4) is 0 Å². The summed E-state index contributed by atoms with van der Waals surface area (Å²) in [5.74, 6) is -0.979. The van der Waals surface area contributed by atoms with Gasteiger partial charge in [-0.1, -0.05) is 60.2 Å². The summed E-state index contributed by atoms with van der Waals surface area (Å²) in [5.41, 5.74) is 2.96. The summed E-state index contributed by atoms with van der Waals surface area (Å²) in [6.45, 7) is 2.15. The van der Waals surface area contributed by atoms with E-state index in [1.165, 1.54) is 0 Å². The Balaban J connectivity index is 1.50. The molecule has 0 saturated heterocycles. The van der Waals surface area contributed by atoms with Crippen LogP contribution in [0.1, 0.15) is 23.1 Å². The maximum atomic E-state index is 12.4. The van der Waals surface area contributed by atoms with Gasteiger partial charge in [-0.3, -0.25) is 4.79 Å². The average Bonchev–Trinajstić information content (AvgIpc) is 3.19. The summed E-state index contributed by atoms with van der Waals surface area (Å²) < 4.78 is 11.2. The molecule has 0 bridgehead atoms. The molecule has 0 radical (unpaired) electrons. The number of carboxylic acid groups (broad SMARTS) is 1. The molecule has 1 aliphatic rings. The third-order valence-corrected chi connectivity index (χ3v) is 4.43. The van der Waals surface area contributed by atoms with E-state index >= 15 is 0 Å². The molecule has 0 fully saturated rings. The Labute approximate surface area is 163 Å². The fourth-order valence-corrected chi connectivity index (χ4v) is 2.84. The number of nitrogens with one attached hydrogen (secondary N) is 1. The topological polar surface area (TPSA) is 84.9 Å². The molecule has 0 spiro atoms. The van der Waals surface area contributed by atoms with Crippen LogP contribution in [-0.2, 0) is 25.7 Å². The van der Waals surface area contributed by atoms with Crippen molar-refractivity contribution in [3.8, 4) is 0 Å². The van der Waals surface area contributed by atoms with Gasteiger partial charge in [0, 0.05) is 12.0 Å². The Bertz CT molecular complexity index is 845. The second-order valence-corrected chi connectivity index (χ2v) is 6.68. The average molecular weight is 381 g/mol. The van der Waals surface area contributed by atoms with Crippen molar-refractivity contribution in [1.82, 2.24) is 5.32 Å². The van der Waals surface area contributed by atoms with E-state index in [4.69, 9.17) is 9.47 Å². The number of hydrogen-bond acceptors (Lipinski definition) is 4. The van der Waals surface area contributed by atoms with Gasteiger partial charge in [-0.25, -0.2) is 4.79 Å². The van der Waals surface area contributed by atoms with E-state index in [1.54, 1.807) is 0 Å². The van der Waals surface area contributed by atoms with Crippen molar-refractivity contribution in [3.05, 3.63) is 77.4 Å². The maximum absolute atomic E-state index is 12.4. The highest BCUT2D eigenvalue weighted by atomic mass is 16.5. The van der Waals surface area contributed by atoms with Crippen molar-refractivity contribution >= 4 is 17.6 Å². The Kier molecular flexibility index (Phi) is 6.45. The van der Waals surface area contributed by atoms with Crippen LogP contribution in [0.2, 0.25) is 0 Å². The fraction of sp³-hybridized carbons (Fsp3) is 0.273. The molecule has 3 rings (SSSR count). The van der Waals surface area contributed by atoms with E-state index in [9.17, 15) is 14.7 Å². The van der Waals surface area contributed by atoms with Crippen molar-refractivity contribution in [2.24, 2.45) is 0 Å².